The minimum atomic E-state index is -5.68. The van der Waals surface area contributed by atoms with Crippen LogP contribution in [0, 0.1) is 5.41 Å². The van der Waals surface area contributed by atoms with Gasteiger partial charge < -0.3 is 10.6 Å². The second-order valence-corrected chi connectivity index (χ2v) is 9.98. The Bertz CT molecular complexity index is 949. The highest BCUT2D eigenvalue weighted by Crippen LogP contribution is 2.56. The van der Waals surface area contributed by atoms with Crippen molar-refractivity contribution in [2.75, 3.05) is 10.6 Å². The van der Waals surface area contributed by atoms with Crippen molar-refractivity contribution in [1.29, 1.82) is 0 Å². The first-order chi connectivity index (χ1) is 14.8. The summed E-state index contributed by atoms with van der Waals surface area (Å²) in [7, 11) is 0. The molecule has 2 aromatic carbocycles. The van der Waals surface area contributed by atoms with Gasteiger partial charge in [0.25, 0.3) is 0 Å². The summed E-state index contributed by atoms with van der Waals surface area (Å²) in [6.45, 7) is 10.3. The molecule has 0 fully saturated rings. The van der Waals surface area contributed by atoms with Crippen molar-refractivity contribution in [3.8, 4) is 0 Å². The fourth-order valence-electron chi connectivity index (χ4n) is 3.34. The van der Waals surface area contributed by atoms with Crippen LogP contribution in [0.3, 0.4) is 0 Å². The third-order valence-corrected chi connectivity index (χ3v) is 4.94. The van der Waals surface area contributed by atoms with E-state index in [1.807, 2.05) is 20.8 Å². The van der Waals surface area contributed by atoms with Crippen LogP contribution < -0.4 is 10.6 Å². The van der Waals surface area contributed by atoms with Crippen LogP contribution in [-0.4, -0.2) is 23.8 Å². The summed E-state index contributed by atoms with van der Waals surface area (Å²) in [6.07, 6.45) is -11.4. The molecule has 0 aliphatic heterocycles. The Hall–Kier alpha value is -2.71. The Balaban J connectivity index is 2.62. The van der Waals surface area contributed by atoms with Crippen LogP contribution in [0.15, 0.2) is 48.5 Å². The smallest absolute Gasteiger partial charge is 0.380 e. The first-order valence-corrected chi connectivity index (χ1v) is 10.2. The Morgan fingerprint density at radius 3 is 1.30 bits per heavy atom. The van der Waals surface area contributed by atoms with E-state index in [0.717, 1.165) is 36.4 Å². The highest BCUT2D eigenvalue weighted by atomic mass is 19.4. The molecule has 0 heterocycles. The molecule has 2 rings (SSSR count). The SMILES string of the molecule is CC(C)(C)Nc1ccc(C(c2ccc(NC(=O)C(C)(C)C)cc2)(C(F)(F)F)C(F)(F)F)cc1. The molecule has 0 atom stereocenters. The molecule has 0 aliphatic carbocycles. The van der Waals surface area contributed by atoms with Crippen molar-refractivity contribution in [1.82, 2.24) is 0 Å². The van der Waals surface area contributed by atoms with Crippen LogP contribution in [0.2, 0.25) is 0 Å². The Labute approximate surface area is 189 Å². The molecule has 33 heavy (non-hydrogen) atoms. The zero-order valence-corrected chi connectivity index (χ0v) is 19.3. The Morgan fingerprint density at radius 2 is 1.00 bits per heavy atom. The van der Waals surface area contributed by atoms with Gasteiger partial charge in [-0.05, 0) is 56.2 Å². The second kappa shape index (κ2) is 8.57. The van der Waals surface area contributed by atoms with Gasteiger partial charge in [0.2, 0.25) is 11.3 Å². The van der Waals surface area contributed by atoms with Crippen molar-refractivity contribution >= 4 is 17.3 Å². The number of benzene rings is 2. The summed E-state index contributed by atoms with van der Waals surface area (Å²) >= 11 is 0. The lowest BCUT2D eigenvalue weighted by Gasteiger charge is -2.38. The van der Waals surface area contributed by atoms with Gasteiger partial charge in [-0.3, -0.25) is 4.79 Å². The van der Waals surface area contributed by atoms with Crippen LogP contribution in [-0.2, 0) is 10.2 Å². The third kappa shape index (κ3) is 5.62. The molecule has 3 nitrogen and oxygen atoms in total. The number of nitrogens with one attached hydrogen (secondary N) is 2. The molecule has 0 saturated heterocycles. The highest BCUT2D eigenvalue weighted by molar-refractivity contribution is 5.94. The van der Waals surface area contributed by atoms with Crippen molar-refractivity contribution in [3.05, 3.63) is 59.7 Å². The summed E-state index contributed by atoms with van der Waals surface area (Å²) in [5.74, 6) is -0.421. The summed E-state index contributed by atoms with van der Waals surface area (Å²) in [5.41, 5.74) is -6.91. The zero-order valence-electron chi connectivity index (χ0n) is 19.3. The zero-order chi connectivity index (χ0) is 25.5. The molecular formula is C24H28F6N2O. The number of hydrogen-bond acceptors (Lipinski definition) is 2. The van der Waals surface area contributed by atoms with E-state index in [1.165, 1.54) is 12.1 Å². The number of halogens is 6. The Kier molecular flexibility index (Phi) is 6.90. The summed E-state index contributed by atoms with van der Waals surface area (Å²) in [4.78, 5) is 12.1. The number of amides is 1. The number of anilines is 2. The van der Waals surface area contributed by atoms with Gasteiger partial charge in [0.15, 0.2) is 0 Å². The number of carbonyl (C=O) groups excluding carboxylic acids is 1. The first kappa shape index (κ1) is 26.5. The number of carbonyl (C=O) groups is 1. The third-order valence-electron chi connectivity index (χ3n) is 4.94. The average Bonchev–Trinajstić information content (AvgIpc) is 2.60. The molecule has 0 unspecified atom stereocenters. The van der Waals surface area contributed by atoms with Crippen molar-refractivity contribution in [2.45, 2.75) is 64.8 Å². The maximum absolute atomic E-state index is 14.3. The molecule has 9 heteroatoms. The van der Waals surface area contributed by atoms with E-state index in [4.69, 9.17) is 0 Å². The molecule has 1 amide bonds. The Morgan fingerprint density at radius 1 is 0.636 bits per heavy atom. The molecule has 0 bridgehead atoms. The fraction of sp³-hybridized carbons (Fsp3) is 0.458. The van der Waals surface area contributed by atoms with E-state index in [-0.39, 0.29) is 5.69 Å². The van der Waals surface area contributed by atoms with E-state index < -0.39 is 45.8 Å². The largest absolute Gasteiger partial charge is 0.411 e. The van der Waals surface area contributed by atoms with E-state index in [1.54, 1.807) is 20.8 Å². The van der Waals surface area contributed by atoms with Crippen LogP contribution in [0.4, 0.5) is 37.7 Å². The van der Waals surface area contributed by atoms with Gasteiger partial charge in [-0.2, -0.15) is 26.3 Å². The monoisotopic (exact) mass is 474 g/mol. The van der Waals surface area contributed by atoms with Crippen LogP contribution in [0.5, 0.6) is 0 Å². The number of rotatable bonds is 4. The van der Waals surface area contributed by atoms with Gasteiger partial charge in [-0.25, -0.2) is 0 Å². The van der Waals surface area contributed by atoms with E-state index in [0.29, 0.717) is 5.69 Å². The first-order valence-electron chi connectivity index (χ1n) is 10.2. The lowest BCUT2D eigenvalue weighted by molar-refractivity contribution is -0.288. The predicted octanol–water partition coefficient (Wildman–Crippen LogP) is 7.29. The molecule has 2 N–H and O–H groups in total. The quantitative estimate of drug-likeness (QED) is 0.457. The summed E-state index contributed by atoms with van der Waals surface area (Å²) < 4.78 is 85.7. The van der Waals surface area contributed by atoms with Crippen molar-refractivity contribution in [3.63, 3.8) is 0 Å². The minimum absolute atomic E-state index is 0.0987. The van der Waals surface area contributed by atoms with E-state index >= 15 is 0 Å². The van der Waals surface area contributed by atoms with Crippen LogP contribution >= 0.6 is 0 Å². The van der Waals surface area contributed by atoms with E-state index in [9.17, 15) is 31.1 Å². The molecule has 2 aromatic rings. The number of alkyl halides is 6. The fourth-order valence-corrected chi connectivity index (χ4v) is 3.34. The molecule has 0 aliphatic rings. The molecule has 0 radical (unpaired) electrons. The van der Waals surface area contributed by atoms with Gasteiger partial charge in [-0.15, -0.1) is 0 Å². The van der Waals surface area contributed by atoms with Gasteiger partial charge in [0, 0.05) is 22.3 Å². The topological polar surface area (TPSA) is 41.1 Å². The molecular weight excluding hydrogens is 446 g/mol. The predicted molar refractivity (Wildman–Crippen MR) is 117 cm³/mol. The van der Waals surface area contributed by atoms with Gasteiger partial charge >= 0.3 is 12.4 Å². The lowest BCUT2D eigenvalue weighted by Crippen LogP contribution is -2.54. The minimum Gasteiger partial charge on any atom is -0.380 e. The van der Waals surface area contributed by atoms with Crippen LogP contribution in [0.25, 0.3) is 0 Å². The summed E-state index contributed by atoms with van der Waals surface area (Å²) in [6, 6.07) is 7.66. The van der Waals surface area contributed by atoms with Crippen molar-refractivity contribution in [2.24, 2.45) is 5.41 Å². The molecule has 0 saturated carbocycles. The average molecular weight is 474 g/mol. The van der Waals surface area contributed by atoms with Gasteiger partial charge in [0.1, 0.15) is 0 Å². The molecule has 0 spiro atoms. The maximum atomic E-state index is 14.3. The van der Waals surface area contributed by atoms with E-state index in [2.05, 4.69) is 10.6 Å². The van der Waals surface area contributed by atoms with Crippen LogP contribution in [0.1, 0.15) is 52.7 Å². The molecule has 0 aromatic heterocycles. The maximum Gasteiger partial charge on any atom is 0.411 e. The normalized spacial score (nSPS) is 13.6. The van der Waals surface area contributed by atoms with Crippen molar-refractivity contribution < 1.29 is 31.1 Å². The molecule has 182 valence electrons. The second-order valence-electron chi connectivity index (χ2n) is 9.98. The standard InChI is InChI=1S/C24H28F6N2O/c1-20(2,3)19(33)31-17-11-7-15(8-12-17)22(23(25,26)27,24(28,29)30)16-9-13-18(14-10-16)32-21(4,5)6/h7-14,32H,1-6H3,(H,31,33). The summed E-state index contributed by atoms with van der Waals surface area (Å²) in [5, 5.41) is 5.51. The van der Waals surface area contributed by atoms with Gasteiger partial charge in [0.05, 0.1) is 0 Å². The lowest BCUT2D eigenvalue weighted by atomic mass is 9.73. The number of hydrogen-bond donors (Lipinski definition) is 2. The van der Waals surface area contributed by atoms with Gasteiger partial charge in [-0.1, -0.05) is 45.0 Å². The highest BCUT2D eigenvalue weighted by Gasteiger charge is 2.72.